The number of esters is 1. The number of carbonyl (C=O) groups is 1. The third-order valence-electron chi connectivity index (χ3n) is 3.34. The van der Waals surface area contributed by atoms with Crippen molar-refractivity contribution in [2.24, 2.45) is 5.73 Å². The zero-order valence-electron chi connectivity index (χ0n) is 10.5. The fourth-order valence-corrected chi connectivity index (χ4v) is 3.05. The predicted octanol–water partition coefficient (Wildman–Crippen LogP) is 2.61. The van der Waals surface area contributed by atoms with E-state index in [9.17, 15) is 10.1 Å². The summed E-state index contributed by atoms with van der Waals surface area (Å²) < 4.78 is 10.3. The number of ether oxygens (including phenoxy) is 2. The maximum absolute atomic E-state index is 12.0. The SMILES string of the molecule is N#CC1=C(N)OC2=C(C(=O)OC2)[C@H]1c1c(Cl)cccc1Cl. The smallest absolute Gasteiger partial charge is 0.339 e. The number of carbonyl (C=O) groups excluding carboxylic acids is 1. The van der Waals surface area contributed by atoms with Gasteiger partial charge in [-0.3, -0.25) is 0 Å². The molecule has 0 aromatic heterocycles. The second-order valence-electron chi connectivity index (χ2n) is 4.47. The largest absolute Gasteiger partial charge is 0.454 e. The zero-order valence-corrected chi connectivity index (χ0v) is 12.0. The Morgan fingerprint density at radius 2 is 2.00 bits per heavy atom. The molecular weight excluding hydrogens is 315 g/mol. The summed E-state index contributed by atoms with van der Waals surface area (Å²) in [4.78, 5) is 12.0. The zero-order chi connectivity index (χ0) is 15.1. The Labute approximate surface area is 130 Å². The van der Waals surface area contributed by atoms with Crippen molar-refractivity contribution < 1.29 is 14.3 Å². The summed E-state index contributed by atoms with van der Waals surface area (Å²) in [6, 6.07) is 6.89. The number of rotatable bonds is 1. The van der Waals surface area contributed by atoms with Crippen LogP contribution in [0.5, 0.6) is 0 Å². The quantitative estimate of drug-likeness (QED) is 0.803. The maximum atomic E-state index is 12.0. The van der Waals surface area contributed by atoms with E-state index >= 15 is 0 Å². The second kappa shape index (κ2) is 4.99. The minimum atomic E-state index is -0.782. The topological polar surface area (TPSA) is 85.3 Å². The summed E-state index contributed by atoms with van der Waals surface area (Å²) in [5.41, 5.74) is 6.51. The van der Waals surface area contributed by atoms with E-state index in [1.807, 2.05) is 6.07 Å². The van der Waals surface area contributed by atoms with E-state index in [4.69, 9.17) is 38.4 Å². The molecule has 2 aliphatic rings. The van der Waals surface area contributed by atoms with Gasteiger partial charge in [-0.25, -0.2) is 4.79 Å². The van der Waals surface area contributed by atoms with Crippen molar-refractivity contribution in [3.8, 4) is 6.07 Å². The van der Waals surface area contributed by atoms with Crippen LogP contribution in [0, 0.1) is 11.3 Å². The van der Waals surface area contributed by atoms with Crippen LogP contribution < -0.4 is 5.73 Å². The van der Waals surface area contributed by atoms with Crippen LogP contribution in [0.1, 0.15) is 11.5 Å². The molecule has 0 amide bonds. The van der Waals surface area contributed by atoms with Crippen LogP contribution >= 0.6 is 23.2 Å². The molecule has 1 aromatic carbocycles. The minimum absolute atomic E-state index is 0.0217. The van der Waals surface area contributed by atoms with Crippen LogP contribution in [0.15, 0.2) is 41.0 Å². The lowest BCUT2D eigenvalue weighted by molar-refractivity contribution is -0.136. The molecule has 1 aromatic rings. The van der Waals surface area contributed by atoms with Gasteiger partial charge in [0.2, 0.25) is 5.88 Å². The average Bonchev–Trinajstić information content (AvgIpc) is 2.79. The summed E-state index contributed by atoms with van der Waals surface area (Å²) in [5, 5.41) is 10.0. The van der Waals surface area contributed by atoms with Gasteiger partial charge in [0.1, 0.15) is 18.2 Å². The van der Waals surface area contributed by atoms with Crippen LogP contribution in [0.2, 0.25) is 10.0 Å². The van der Waals surface area contributed by atoms with Crippen molar-refractivity contribution in [2.45, 2.75) is 5.92 Å². The van der Waals surface area contributed by atoms with Gasteiger partial charge < -0.3 is 15.2 Å². The number of hydrogen-bond acceptors (Lipinski definition) is 5. The molecule has 0 saturated heterocycles. The third kappa shape index (κ3) is 2.04. The highest BCUT2D eigenvalue weighted by atomic mass is 35.5. The number of benzene rings is 1. The second-order valence-corrected chi connectivity index (χ2v) is 5.29. The van der Waals surface area contributed by atoms with E-state index in [1.54, 1.807) is 18.2 Å². The number of nitrogens with two attached hydrogens (primary N) is 1. The number of nitrogens with zero attached hydrogens (tertiary/aromatic N) is 1. The van der Waals surface area contributed by atoms with Gasteiger partial charge >= 0.3 is 5.97 Å². The fraction of sp³-hybridized carbons (Fsp3) is 0.143. The molecule has 0 radical (unpaired) electrons. The van der Waals surface area contributed by atoms with Crippen LogP contribution in [0.25, 0.3) is 0 Å². The molecule has 0 saturated carbocycles. The van der Waals surface area contributed by atoms with Gasteiger partial charge in [-0.15, -0.1) is 0 Å². The van der Waals surface area contributed by atoms with Gasteiger partial charge in [-0.2, -0.15) is 5.26 Å². The van der Waals surface area contributed by atoms with Crippen molar-refractivity contribution in [1.82, 2.24) is 0 Å². The molecular formula is C14H8Cl2N2O3. The first kappa shape index (κ1) is 13.8. The first-order chi connectivity index (χ1) is 10.0. The van der Waals surface area contributed by atoms with Gasteiger partial charge in [-0.05, 0) is 12.1 Å². The first-order valence-corrected chi connectivity index (χ1v) is 6.71. The Bertz CT molecular complexity index is 742. The Morgan fingerprint density at radius 3 is 2.62 bits per heavy atom. The van der Waals surface area contributed by atoms with Crippen molar-refractivity contribution >= 4 is 29.2 Å². The molecule has 3 rings (SSSR count). The molecule has 2 aliphatic heterocycles. The van der Waals surface area contributed by atoms with E-state index < -0.39 is 11.9 Å². The van der Waals surface area contributed by atoms with Crippen molar-refractivity contribution in [1.29, 1.82) is 5.26 Å². The fourth-order valence-electron chi connectivity index (χ4n) is 2.43. The lowest BCUT2D eigenvalue weighted by atomic mass is 9.83. The van der Waals surface area contributed by atoms with Gasteiger partial charge in [0.15, 0.2) is 5.76 Å². The van der Waals surface area contributed by atoms with Crippen molar-refractivity contribution in [2.75, 3.05) is 6.61 Å². The Kier molecular flexibility index (Phi) is 3.28. The van der Waals surface area contributed by atoms with Gasteiger partial charge in [-0.1, -0.05) is 29.3 Å². The van der Waals surface area contributed by atoms with Crippen LogP contribution in [0.3, 0.4) is 0 Å². The number of cyclic esters (lactones) is 1. The van der Waals surface area contributed by atoms with E-state index in [0.29, 0.717) is 15.6 Å². The number of halogens is 2. The Hall–Kier alpha value is -2.16. The molecule has 7 heteroatoms. The molecule has 0 fully saturated rings. The molecule has 1 atom stereocenters. The summed E-state index contributed by atoms with van der Waals surface area (Å²) in [5.74, 6) is -1.13. The summed E-state index contributed by atoms with van der Waals surface area (Å²) in [6.07, 6.45) is 0. The average molecular weight is 323 g/mol. The highest BCUT2D eigenvalue weighted by Crippen LogP contribution is 2.46. The molecule has 106 valence electrons. The molecule has 0 aliphatic carbocycles. The minimum Gasteiger partial charge on any atom is -0.454 e. The molecule has 2 heterocycles. The molecule has 0 bridgehead atoms. The number of hydrogen-bond donors (Lipinski definition) is 1. The Morgan fingerprint density at radius 1 is 1.33 bits per heavy atom. The van der Waals surface area contributed by atoms with E-state index in [1.165, 1.54) is 0 Å². The normalized spacial score (nSPS) is 20.8. The van der Waals surface area contributed by atoms with E-state index in [-0.39, 0.29) is 29.4 Å². The van der Waals surface area contributed by atoms with Gasteiger partial charge in [0.05, 0.1) is 11.5 Å². The Balaban J connectivity index is 2.27. The number of nitriles is 1. The monoisotopic (exact) mass is 322 g/mol. The summed E-state index contributed by atoms with van der Waals surface area (Å²) in [6.45, 7) is -0.0217. The third-order valence-corrected chi connectivity index (χ3v) is 4.00. The van der Waals surface area contributed by atoms with Crippen LogP contribution in [-0.4, -0.2) is 12.6 Å². The van der Waals surface area contributed by atoms with Gasteiger partial charge in [0.25, 0.3) is 0 Å². The standard InChI is InChI=1S/C14H8Cl2N2O3/c15-7-2-1-3-8(16)11(7)10-6(4-17)13(18)21-9-5-20-14(19)12(9)10/h1-3,10H,5,18H2/t10-/m1/s1. The molecule has 0 unspecified atom stereocenters. The van der Waals surface area contributed by atoms with E-state index in [0.717, 1.165) is 0 Å². The maximum Gasteiger partial charge on any atom is 0.339 e. The van der Waals surface area contributed by atoms with E-state index in [2.05, 4.69) is 0 Å². The van der Waals surface area contributed by atoms with Crippen molar-refractivity contribution in [3.05, 3.63) is 56.6 Å². The molecule has 2 N–H and O–H groups in total. The summed E-state index contributed by atoms with van der Waals surface area (Å²) in [7, 11) is 0. The lowest BCUT2D eigenvalue weighted by Crippen LogP contribution is -2.22. The highest BCUT2D eigenvalue weighted by Gasteiger charge is 2.42. The van der Waals surface area contributed by atoms with Crippen molar-refractivity contribution in [3.63, 3.8) is 0 Å². The molecule has 5 nitrogen and oxygen atoms in total. The first-order valence-electron chi connectivity index (χ1n) is 5.96. The predicted molar refractivity (Wildman–Crippen MR) is 75.1 cm³/mol. The summed E-state index contributed by atoms with van der Waals surface area (Å²) >= 11 is 12.4. The lowest BCUT2D eigenvalue weighted by Gasteiger charge is -2.24. The highest BCUT2D eigenvalue weighted by molar-refractivity contribution is 6.36. The number of allylic oxidation sites excluding steroid dienone is 1. The molecule has 21 heavy (non-hydrogen) atoms. The van der Waals surface area contributed by atoms with Crippen LogP contribution in [-0.2, 0) is 14.3 Å². The molecule has 0 spiro atoms. The van der Waals surface area contributed by atoms with Crippen LogP contribution in [0.4, 0.5) is 0 Å². The van der Waals surface area contributed by atoms with Gasteiger partial charge in [0, 0.05) is 15.6 Å².